The fraction of sp³-hybridized carbons (Fsp3) is 0.192. The molecule has 6 rings (SSSR count). The lowest BCUT2D eigenvalue weighted by Crippen LogP contribution is -2.06. The number of aromatic nitrogens is 5. The molecule has 170 valence electrons. The van der Waals surface area contributed by atoms with Crippen LogP contribution in [0.1, 0.15) is 30.7 Å². The van der Waals surface area contributed by atoms with Gasteiger partial charge in [-0.1, -0.05) is 6.08 Å². The molecular formula is C26H22FN5O2. The van der Waals surface area contributed by atoms with Gasteiger partial charge in [0.1, 0.15) is 29.0 Å². The van der Waals surface area contributed by atoms with E-state index in [1.54, 1.807) is 6.20 Å². The van der Waals surface area contributed by atoms with E-state index >= 15 is 0 Å². The Morgan fingerprint density at radius 3 is 2.85 bits per heavy atom. The predicted octanol–water partition coefficient (Wildman–Crippen LogP) is 5.58. The van der Waals surface area contributed by atoms with Gasteiger partial charge in [0.2, 0.25) is 0 Å². The lowest BCUT2D eigenvalue weighted by Gasteiger charge is -2.17. The van der Waals surface area contributed by atoms with E-state index in [1.807, 2.05) is 49.5 Å². The number of aromatic amines is 2. The van der Waals surface area contributed by atoms with Gasteiger partial charge in [-0.25, -0.2) is 9.37 Å². The number of benzene rings is 1. The summed E-state index contributed by atoms with van der Waals surface area (Å²) in [6.07, 6.45) is 7.24. The van der Waals surface area contributed by atoms with Crippen LogP contribution in [-0.4, -0.2) is 38.4 Å². The standard InChI is InChI=1S/C26H22FN5O2/c1-15(24-19-6-9-28-26(19)30-14-21(24)27)34-18-3-5-23-20(12-18)25(32-31-23)17-2-4-22(29-13-17)16-7-10-33-11-8-16/h2-7,9,12-15H,8,10-11H2,1H3,(H,28,30)(H,31,32)/t15-/m1/s1. The van der Waals surface area contributed by atoms with E-state index in [4.69, 9.17) is 9.47 Å². The molecular weight excluding hydrogens is 433 g/mol. The van der Waals surface area contributed by atoms with Gasteiger partial charge in [-0.3, -0.25) is 10.1 Å². The quantitative estimate of drug-likeness (QED) is 0.361. The molecule has 0 unspecified atom stereocenters. The molecule has 4 aromatic heterocycles. The number of rotatable bonds is 5. The van der Waals surface area contributed by atoms with Gasteiger partial charge in [-0.05, 0) is 55.3 Å². The summed E-state index contributed by atoms with van der Waals surface area (Å²) in [5.74, 6) is 0.231. The smallest absolute Gasteiger partial charge is 0.149 e. The van der Waals surface area contributed by atoms with Crippen molar-refractivity contribution in [3.63, 3.8) is 0 Å². The zero-order valence-electron chi connectivity index (χ0n) is 18.5. The maximum atomic E-state index is 14.6. The van der Waals surface area contributed by atoms with Crippen molar-refractivity contribution < 1.29 is 13.9 Å². The zero-order chi connectivity index (χ0) is 23.1. The number of hydrogen-bond donors (Lipinski definition) is 2. The Morgan fingerprint density at radius 2 is 2.03 bits per heavy atom. The van der Waals surface area contributed by atoms with Crippen molar-refractivity contribution in [3.8, 4) is 17.0 Å². The first-order valence-corrected chi connectivity index (χ1v) is 11.2. The molecule has 0 bridgehead atoms. The normalized spacial score (nSPS) is 14.9. The number of nitrogens with one attached hydrogen (secondary N) is 2. The van der Waals surface area contributed by atoms with Crippen LogP contribution in [-0.2, 0) is 4.74 Å². The summed E-state index contributed by atoms with van der Waals surface area (Å²) >= 11 is 0. The van der Waals surface area contributed by atoms with Crippen molar-refractivity contribution in [1.82, 2.24) is 25.1 Å². The van der Waals surface area contributed by atoms with Crippen molar-refractivity contribution in [3.05, 3.63) is 78.1 Å². The summed E-state index contributed by atoms with van der Waals surface area (Å²) in [4.78, 5) is 11.8. The molecule has 0 spiro atoms. The van der Waals surface area contributed by atoms with E-state index in [0.717, 1.165) is 40.9 Å². The topological polar surface area (TPSA) is 88.7 Å². The lowest BCUT2D eigenvalue weighted by atomic mass is 10.0. The van der Waals surface area contributed by atoms with E-state index in [9.17, 15) is 4.39 Å². The van der Waals surface area contributed by atoms with Crippen LogP contribution in [0.15, 0.2) is 61.1 Å². The Balaban J connectivity index is 1.31. The summed E-state index contributed by atoms with van der Waals surface area (Å²) < 4.78 is 26.2. The van der Waals surface area contributed by atoms with Crippen LogP contribution in [0.4, 0.5) is 4.39 Å². The third-order valence-corrected chi connectivity index (χ3v) is 6.16. The number of H-pyrrole nitrogens is 2. The summed E-state index contributed by atoms with van der Waals surface area (Å²) in [5.41, 5.74) is 5.84. The third-order valence-electron chi connectivity index (χ3n) is 6.16. The molecule has 0 saturated carbocycles. The minimum atomic E-state index is -0.511. The molecule has 5 heterocycles. The molecule has 0 radical (unpaired) electrons. The van der Waals surface area contributed by atoms with E-state index in [1.165, 1.54) is 11.8 Å². The molecule has 0 fully saturated rings. The van der Waals surface area contributed by atoms with E-state index < -0.39 is 11.9 Å². The van der Waals surface area contributed by atoms with Crippen molar-refractivity contribution in [2.75, 3.05) is 13.2 Å². The molecule has 0 amide bonds. The summed E-state index contributed by atoms with van der Waals surface area (Å²) in [6.45, 7) is 3.18. The zero-order valence-corrected chi connectivity index (χ0v) is 18.5. The summed E-state index contributed by atoms with van der Waals surface area (Å²) in [7, 11) is 0. The van der Waals surface area contributed by atoms with Crippen LogP contribution >= 0.6 is 0 Å². The van der Waals surface area contributed by atoms with Gasteiger partial charge in [0, 0.05) is 34.3 Å². The molecule has 7 nitrogen and oxygen atoms in total. The van der Waals surface area contributed by atoms with Crippen molar-refractivity contribution in [1.29, 1.82) is 0 Å². The molecule has 1 aliphatic heterocycles. The van der Waals surface area contributed by atoms with E-state index in [0.29, 0.717) is 29.0 Å². The van der Waals surface area contributed by atoms with E-state index in [2.05, 4.69) is 31.2 Å². The Labute approximate surface area is 194 Å². The van der Waals surface area contributed by atoms with Crippen LogP contribution in [0.5, 0.6) is 5.75 Å². The number of halogens is 1. The summed E-state index contributed by atoms with van der Waals surface area (Å²) in [5, 5.41) is 9.20. The molecule has 0 saturated heterocycles. The Morgan fingerprint density at radius 1 is 1.09 bits per heavy atom. The fourth-order valence-electron chi connectivity index (χ4n) is 4.45. The second-order valence-corrected chi connectivity index (χ2v) is 8.29. The van der Waals surface area contributed by atoms with Crippen LogP contribution in [0.3, 0.4) is 0 Å². The molecule has 1 aromatic carbocycles. The molecule has 8 heteroatoms. The number of fused-ring (bicyclic) bond motifs is 2. The highest BCUT2D eigenvalue weighted by Gasteiger charge is 2.19. The van der Waals surface area contributed by atoms with Crippen LogP contribution in [0.25, 0.3) is 38.8 Å². The Bertz CT molecular complexity index is 1520. The first-order valence-electron chi connectivity index (χ1n) is 11.2. The first kappa shape index (κ1) is 20.6. The monoisotopic (exact) mass is 455 g/mol. The number of hydrogen-bond acceptors (Lipinski definition) is 5. The molecule has 2 N–H and O–H groups in total. The Kier molecular flexibility index (Phi) is 5.07. The fourth-order valence-corrected chi connectivity index (χ4v) is 4.45. The molecule has 5 aromatic rings. The summed E-state index contributed by atoms with van der Waals surface area (Å²) in [6, 6.07) is 11.5. The van der Waals surface area contributed by atoms with Crippen molar-refractivity contribution in [2.45, 2.75) is 19.4 Å². The highest BCUT2D eigenvalue weighted by atomic mass is 19.1. The maximum Gasteiger partial charge on any atom is 0.149 e. The number of pyridine rings is 2. The van der Waals surface area contributed by atoms with Gasteiger partial charge in [0.05, 0.1) is 30.6 Å². The molecule has 1 aliphatic rings. The largest absolute Gasteiger partial charge is 0.486 e. The predicted molar refractivity (Wildman–Crippen MR) is 128 cm³/mol. The highest BCUT2D eigenvalue weighted by molar-refractivity contribution is 5.93. The van der Waals surface area contributed by atoms with Gasteiger partial charge in [0.25, 0.3) is 0 Å². The second-order valence-electron chi connectivity index (χ2n) is 8.29. The van der Waals surface area contributed by atoms with Crippen LogP contribution in [0.2, 0.25) is 0 Å². The second kappa shape index (κ2) is 8.39. The molecule has 0 aliphatic carbocycles. The van der Waals surface area contributed by atoms with Gasteiger partial charge >= 0.3 is 0 Å². The lowest BCUT2D eigenvalue weighted by molar-refractivity contribution is 0.161. The van der Waals surface area contributed by atoms with Gasteiger partial charge in [-0.15, -0.1) is 0 Å². The van der Waals surface area contributed by atoms with Crippen molar-refractivity contribution >= 4 is 27.5 Å². The minimum Gasteiger partial charge on any atom is -0.486 e. The first-order chi connectivity index (χ1) is 16.7. The number of ether oxygens (including phenoxy) is 2. The van der Waals surface area contributed by atoms with Crippen molar-refractivity contribution in [2.24, 2.45) is 0 Å². The van der Waals surface area contributed by atoms with E-state index in [-0.39, 0.29) is 0 Å². The Hall–Kier alpha value is -4.04. The SMILES string of the molecule is C[C@@H](Oc1ccc2[nH]nc(-c3ccc(C4=CCOCC4)nc3)c2c1)c1c(F)cnc2[nH]ccc12. The molecule has 34 heavy (non-hydrogen) atoms. The van der Waals surface area contributed by atoms with Gasteiger partial charge in [0.15, 0.2) is 0 Å². The average Bonchev–Trinajstić information content (AvgIpc) is 3.51. The molecule has 1 atom stereocenters. The van der Waals surface area contributed by atoms with Gasteiger partial charge < -0.3 is 14.5 Å². The number of nitrogens with zero attached hydrogens (tertiary/aromatic N) is 3. The van der Waals surface area contributed by atoms with Gasteiger partial charge in [-0.2, -0.15) is 5.10 Å². The maximum absolute atomic E-state index is 14.6. The average molecular weight is 455 g/mol. The van der Waals surface area contributed by atoms with Crippen LogP contribution in [0, 0.1) is 5.82 Å². The third kappa shape index (κ3) is 3.62. The highest BCUT2D eigenvalue weighted by Crippen LogP contribution is 2.33. The minimum absolute atomic E-state index is 0.393. The van der Waals surface area contributed by atoms with Crippen LogP contribution < -0.4 is 4.74 Å².